The molecule has 2 rings (SSSR count). The second kappa shape index (κ2) is 3.33. The van der Waals surface area contributed by atoms with Crippen LogP contribution in [0, 0.1) is 0 Å². The predicted octanol–water partition coefficient (Wildman–Crippen LogP) is -0.750. The van der Waals surface area contributed by atoms with Gasteiger partial charge in [0.1, 0.15) is 11.3 Å². The number of fused-ring (bicyclic) bond motifs is 2. The Balaban J connectivity index is 2.22. The Hall–Kier alpha value is -0.940. The van der Waals surface area contributed by atoms with Crippen molar-refractivity contribution >= 4 is 11.8 Å². The number of ketones is 1. The molecular weight excluding hydrogens is 186 g/mol. The fraction of sp³-hybridized carbons (Fsp3) is 0.778. The van der Waals surface area contributed by atoms with Crippen LogP contribution in [0.15, 0.2) is 0 Å². The van der Waals surface area contributed by atoms with Crippen LogP contribution in [0.2, 0.25) is 0 Å². The van der Waals surface area contributed by atoms with Crippen LogP contribution < -0.4 is 5.32 Å². The highest BCUT2D eigenvalue weighted by atomic mass is 16.5. The van der Waals surface area contributed by atoms with E-state index in [0.717, 1.165) is 0 Å². The molecule has 0 aromatic rings. The van der Waals surface area contributed by atoms with Crippen molar-refractivity contribution in [1.29, 1.82) is 0 Å². The van der Waals surface area contributed by atoms with E-state index in [1.54, 1.807) is 0 Å². The molecule has 5 heteroatoms. The van der Waals surface area contributed by atoms with Crippen molar-refractivity contribution in [3.05, 3.63) is 0 Å². The number of carbonyl (C=O) groups is 2. The number of morpholine rings is 1. The molecule has 0 aromatic carbocycles. The van der Waals surface area contributed by atoms with Crippen LogP contribution in [0.4, 0.5) is 0 Å². The summed E-state index contributed by atoms with van der Waals surface area (Å²) in [6, 6.07) is -0.0379. The molecule has 0 saturated carbocycles. The van der Waals surface area contributed by atoms with Crippen molar-refractivity contribution in [1.82, 2.24) is 5.32 Å². The summed E-state index contributed by atoms with van der Waals surface area (Å²) in [7, 11) is 1.32. The number of nitrogens with one attached hydrogen (secondary N) is 1. The van der Waals surface area contributed by atoms with Crippen LogP contribution in [0.1, 0.15) is 12.8 Å². The SMILES string of the molecule is COC(=O)[C@@]12COC[C@@H](CC(=O)C1)N2. The molecule has 2 heterocycles. The van der Waals surface area contributed by atoms with Crippen LogP contribution in [0.25, 0.3) is 0 Å². The highest BCUT2D eigenvalue weighted by Gasteiger charge is 2.49. The molecule has 2 atom stereocenters. The van der Waals surface area contributed by atoms with Gasteiger partial charge in [0.15, 0.2) is 0 Å². The lowest BCUT2D eigenvalue weighted by molar-refractivity contribution is -0.161. The third-order valence-corrected chi connectivity index (χ3v) is 2.70. The van der Waals surface area contributed by atoms with E-state index in [4.69, 9.17) is 4.74 Å². The molecule has 0 aromatic heterocycles. The molecule has 2 aliphatic heterocycles. The topological polar surface area (TPSA) is 64.6 Å². The van der Waals surface area contributed by atoms with Crippen LogP contribution in [-0.2, 0) is 19.1 Å². The van der Waals surface area contributed by atoms with Gasteiger partial charge in [0, 0.05) is 18.9 Å². The minimum Gasteiger partial charge on any atom is -0.468 e. The summed E-state index contributed by atoms with van der Waals surface area (Å²) in [4.78, 5) is 22.9. The fourth-order valence-corrected chi connectivity index (χ4v) is 2.13. The second-order valence-corrected chi connectivity index (χ2v) is 3.85. The van der Waals surface area contributed by atoms with Crippen molar-refractivity contribution in [2.45, 2.75) is 24.4 Å². The molecule has 0 radical (unpaired) electrons. The van der Waals surface area contributed by atoms with Gasteiger partial charge in [0.25, 0.3) is 0 Å². The van der Waals surface area contributed by atoms with Crippen molar-refractivity contribution in [3.63, 3.8) is 0 Å². The molecule has 2 aliphatic rings. The zero-order valence-corrected chi connectivity index (χ0v) is 8.04. The van der Waals surface area contributed by atoms with Crippen LogP contribution in [0.5, 0.6) is 0 Å². The summed E-state index contributed by atoms with van der Waals surface area (Å²) >= 11 is 0. The van der Waals surface area contributed by atoms with Gasteiger partial charge in [-0.15, -0.1) is 0 Å². The minimum absolute atomic E-state index is 0.0379. The molecule has 2 saturated heterocycles. The van der Waals surface area contributed by atoms with Crippen molar-refractivity contribution in [2.75, 3.05) is 20.3 Å². The lowest BCUT2D eigenvalue weighted by atomic mass is 9.84. The number of hydrogen-bond acceptors (Lipinski definition) is 5. The average Bonchev–Trinajstić information content (AvgIpc) is 2.15. The van der Waals surface area contributed by atoms with Gasteiger partial charge in [-0.2, -0.15) is 0 Å². The first-order valence-corrected chi connectivity index (χ1v) is 4.62. The standard InChI is InChI=1S/C9H13NO4/c1-13-8(12)9-3-7(11)2-6(10-9)4-14-5-9/h6,10H,2-5H2,1H3/t6-,9+/m1/s1. The van der Waals surface area contributed by atoms with Gasteiger partial charge in [-0.25, -0.2) is 4.79 Å². The molecule has 0 unspecified atom stereocenters. The Morgan fingerprint density at radius 2 is 2.50 bits per heavy atom. The molecule has 2 fully saturated rings. The average molecular weight is 199 g/mol. The van der Waals surface area contributed by atoms with Gasteiger partial charge in [0.2, 0.25) is 0 Å². The number of carbonyl (C=O) groups excluding carboxylic acids is 2. The quantitative estimate of drug-likeness (QED) is 0.563. The molecule has 78 valence electrons. The number of methoxy groups -OCH3 is 1. The number of esters is 1. The highest BCUT2D eigenvalue weighted by Crippen LogP contribution is 2.26. The smallest absolute Gasteiger partial charge is 0.328 e. The third kappa shape index (κ3) is 1.42. The first-order valence-electron chi connectivity index (χ1n) is 4.62. The summed E-state index contributed by atoms with van der Waals surface area (Å²) in [5.74, 6) is -0.308. The Bertz CT molecular complexity index is 278. The van der Waals surface area contributed by atoms with E-state index in [2.05, 4.69) is 10.1 Å². The lowest BCUT2D eigenvalue weighted by Gasteiger charge is -2.42. The summed E-state index contributed by atoms with van der Waals surface area (Å²) in [6.07, 6.45) is 0.620. The van der Waals surface area contributed by atoms with Gasteiger partial charge < -0.3 is 9.47 Å². The van der Waals surface area contributed by atoms with E-state index in [0.29, 0.717) is 13.0 Å². The number of Topliss-reactive ketones (excluding diaryl/α,β-unsaturated/α-hetero) is 1. The van der Waals surface area contributed by atoms with Crippen molar-refractivity contribution in [3.8, 4) is 0 Å². The Kier molecular flexibility index (Phi) is 2.28. The summed E-state index contributed by atoms with van der Waals surface area (Å²) in [6.45, 7) is 0.715. The van der Waals surface area contributed by atoms with E-state index in [1.807, 2.05) is 0 Å². The van der Waals surface area contributed by atoms with Crippen molar-refractivity contribution in [2.24, 2.45) is 0 Å². The Labute approximate surface area is 81.7 Å². The van der Waals surface area contributed by atoms with Crippen LogP contribution >= 0.6 is 0 Å². The van der Waals surface area contributed by atoms with Gasteiger partial charge >= 0.3 is 5.97 Å². The monoisotopic (exact) mass is 199 g/mol. The van der Waals surface area contributed by atoms with E-state index in [9.17, 15) is 9.59 Å². The zero-order valence-electron chi connectivity index (χ0n) is 8.04. The minimum atomic E-state index is -0.924. The van der Waals surface area contributed by atoms with E-state index < -0.39 is 11.5 Å². The molecule has 0 amide bonds. The van der Waals surface area contributed by atoms with E-state index in [1.165, 1.54) is 7.11 Å². The fourth-order valence-electron chi connectivity index (χ4n) is 2.13. The second-order valence-electron chi connectivity index (χ2n) is 3.85. The number of hydrogen-bond donors (Lipinski definition) is 1. The number of rotatable bonds is 1. The summed E-state index contributed by atoms with van der Waals surface area (Å²) in [5, 5.41) is 3.13. The van der Waals surface area contributed by atoms with E-state index >= 15 is 0 Å². The van der Waals surface area contributed by atoms with Gasteiger partial charge in [-0.3, -0.25) is 10.1 Å². The first-order chi connectivity index (χ1) is 6.66. The van der Waals surface area contributed by atoms with Crippen molar-refractivity contribution < 1.29 is 19.1 Å². The van der Waals surface area contributed by atoms with Gasteiger partial charge in [-0.1, -0.05) is 0 Å². The van der Waals surface area contributed by atoms with Gasteiger partial charge in [0.05, 0.1) is 20.3 Å². The van der Waals surface area contributed by atoms with Crippen LogP contribution in [-0.4, -0.2) is 43.7 Å². The maximum atomic E-state index is 11.5. The Morgan fingerprint density at radius 3 is 3.21 bits per heavy atom. The Morgan fingerprint density at radius 1 is 1.71 bits per heavy atom. The summed E-state index contributed by atoms with van der Waals surface area (Å²) in [5.41, 5.74) is -0.924. The maximum absolute atomic E-state index is 11.5. The molecular formula is C9H13NO4. The maximum Gasteiger partial charge on any atom is 0.328 e. The number of ether oxygens (including phenoxy) is 2. The molecule has 0 aliphatic carbocycles. The normalized spacial score (nSPS) is 36.6. The predicted molar refractivity (Wildman–Crippen MR) is 46.7 cm³/mol. The van der Waals surface area contributed by atoms with Gasteiger partial charge in [-0.05, 0) is 0 Å². The summed E-state index contributed by atoms with van der Waals surface area (Å²) < 4.78 is 9.98. The molecule has 2 bridgehead atoms. The third-order valence-electron chi connectivity index (χ3n) is 2.70. The molecule has 5 nitrogen and oxygen atoms in total. The molecule has 0 spiro atoms. The number of piperidine rings is 1. The highest BCUT2D eigenvalue weighted by molar-refractivity contribution is 5.92. The molecule has 1 N–H and O–H groups in total. The first kappa shape index (κ1) is 9.61. The lowest BCUT2D eigenvalue weighted by Crippen LogP contribution is -2.67. The largest absolute Gasteiger partial charge is 0.468 e. The van der Waals surface area contributed by atoms with Crippen LogP contribution in [0.3, 0.4) is 0 Å². The zero-order chi connectivity index (χ0) is 10.2. The van der Waals surface area contributed by atoms with E-state index in [-0.39, 0.29) is 24.9 Å². The molecule has 14 heavy (non-hydrogen) atoms.